The number of hydrogen-bond donors (Lipinski definition) is 1. The summed E-state index contributed by atoms with van der Waals surface area (Å²) in [5, 5.41) is 3.67. The van der Waals surface area contributed by atoms with Gasteiger partial charge in [0, 0.05) is 33.2 Å². The summed E-state index contributed by atoms with van der Waals surface area (Å²) in [7, 11) is 1.93. The minimum Gasteiger partial charge on any atom is -0.356 e. The number of likely N-dealkylation sites (tertiary alicyclic amines) is 2. The quantitative estimate of drug-likeness (QED) is 0.391. The van der Waals surface area contributed by atoms with Crippen molar-refractivity contribution in [1.82, 2.24) is 15.1 Å². The predicted molar refractivity (Wildman–Crippen MR) is 126 cm³/mol. The fourth-order valence-electron chi connectivity index (χ4n) is 4.47. The van der Waals surface area contributed by atoms with Crippen molar-refractivity contribution in [2.24, 2.45) is 16.8 Å². The average Bonchev–Trinajstić information content (AvgIpc) is 2.70. The smallest absolute Gasteiger partial charge is 0.193 e. The number of hydrogen-bond acceptors (Lipinski definition) is 2. The van der Waals surface area contributed by atoms with Crippen LogP contribution in [0.25, 0.3) is 0 Å². The van der Waals surface area contributed by atoms with E-state index < -0.39 is 0 Å². The topological polar surface area (TPSA) is 30.9 Å². The number of nitrogens with zero attached hydrogens (tertiary/aromatic N) is 3. The molecule has 3 rings (SSSR count). The first-order valence-electron chi connectivity index (χ1n) is 10.5. The van der Waals surface area contributed by atoms with Gasteiger partial charge in [-0.15, -0.1) is 24.0 Å². The van der Waals surface area contributed by atoms with E-state index in [1.165, 1.54) is 57.3 Å². The van der Waals surface area contributed by atoms with Crippen molar-refractivity contribution in [2.75, 3.05) is 46.3 Å². The van der Waals surface area contributed by atoms with Gasteiger partial charge in [0.15, 0.2) is 5.96 Å². The van der Waals surface area contributed by atoms with E-state index in [0.717, 1.165) is 37.4 Å². The van der Waals surface area contributed by atoms with E-state index in [2.05, 4.69) is 57.4 Å². The first kappa shape index (κ1) is 22.5. The molecule has 27 heavy (non-hydrogen) atoms. The molecule has 0 bridgehead atoms. The molecule has 1 unspecified atom stereocenters. The Kier molecular flexibility index (Phi) is 9.90. The molecule has 2 heterocycles. The number of benzene rings is 1. The van der Waals surface area contributed by atoms with Crippen molar-refractivity contribution in [3.05, 3.63) is 35.9 Å². The normalized spacial score (nSPS) is 22.4. The molecule has 0 aliphatic carbocycles. The van der Waals surface area contributed by atoms with Crippen LogP contribution in [0, 0.1) is 11.8 Å². The Bertz CT molecular complexity index is 555. The highest BCUT2D eigenvalue weighted by Crippen LogP contribution is 2.22. The monoisotopic (exact) mass is 484 g/mol. The van der Waals surface area contributed by atoms with E-state index in [1.807, 2.05) is 7.05 Å². The number of halogens is 1. The van der Waals surface area contributed by atoms with E-state index >= 15 is 0 Å². The van der Waals surface area contributed by atoms with Gasteiger partial charge in [0.05, 0.1) is 0 Å². The molecular weight excluding hydrogens is 447 g/mol. The molecule has 1 atom stereocenters. The summed E-state index contributed by atoms with van der Waals surface area (Å²) >= 11 is 0. The summed E-state index contributed by atoms with van der Waals surface area (Å²) in [6.07, 6.45) is 6.43. The Morgan fingerprint density at radius 2 is 1.81 bits per heavy atom. The van der Waals surface area contributed by atoms with Crippen molar-refractivity contribution in [2.45, 2.75) is 39.0 Å². The Balaban J connectivity index is 0.00000261. The van der Waals surface area contributed by atoms with Crippen LogP contribution in [0.5, 0.6) is 0 Å². The van der Waals surface area contributed by atoms with Crippen molar-refractivity contribution in [3.8, 4) is 0 Å². The van der Waals surface area contributed by atoms with Gasteiger partial charge < -0.3 is 15.1 Å². The summed E-state index contributed by atoms with van der Waals surface area (Å²) in [5.74, 6) is 2.68. The second kappa shape index (κ2) is 11.9. The minimum absolute atomic E-state index is 0. The first-order valence-corrected chi connectivity index (χ1v) is 10.5. The summed E-state index contributed by atoms with van der Waals surface area (Å²) in [4.78, 5) is 9.60. The van der Waals surface area contributed by atoms with Crippen LogP contribution in [0.4, 0.5) is 0 Å². The van der Waals surface area contributed by atoms with Crippen molar-refractivity contribution in [1.29, 1.82) is 0 Å². The van der Waals surface area contributed by atoms with Gasteiger partial charge in [-0.2, -0.15) is 0 Å². The second-order valence-corrected chi connectivity index (χ2v) is 7.95. The molecule has 0 amide bonds. The maximum Gasteiger partial charge on any atom is 0.193 e. The minimum atomic E-state index is 0. The summed E-state index contributed by atoms with van der Waals surface area (Å²) in [6, 6.07) is 10.9. The van der Waals surface area contributed by atoms with Crippen LogP contribution in [-0.2, 0) is 6.42 Å². The van der Waals surface area contributed by atoms with Gasteiger partial charge in [0.1, 0.15) is 0 Å². The molecule has 2 aliphatic rings. The SMILES string of the molecule is CCN1CCCC(CNC(=NC)N2CCC(Cc3ccccc3)CC2)C1.I. The maximum atomic E-state index is 4.56. The zero-order chi connectivity index (χ0) is 18.2. The number of guanidine groups is 1. The van der Waals surface area contributed by atoms with E-state index in [1.54, 1.807) is 0 Å². The van der Waals surface area contributed by atoms with Gasteiger partial charge in [0.2, 0.25) is 0 Å². The molecule has 4 nitrogen and oxygen atoms in total. The van der Waals surface area contributed by atoms with Crippen LogP contribution >= 0.6 is 24.0 Å². The lowest BCUT2D eigenvalue weighted by Gasteiger charge is -2.36. The molecule has 1 aromatic rings. The molecule has 0 radical (unpaired) electrons. The van der Waals surface area contributed by atoms with E-state index in [9.17, 15) is 0 Å². The highest BCUT2D eigenvalue weighted by atomic mass is 127. The highest BCUT2D eigenvalue weighted by molar-refractivity contribution is 14.0. The molecule has 1 aromatic carbocycles. The largest absolute Gasteiger partial charge is 0.356 e. The molecule has 2 aliphatic heterocycles. The van der Waals surface area contributed by atoms with Crippen LogP contribution in [0.2, 0.25) is 0 Å². The van der Waals surface area contributed by atoms with Gasteiger partial charge in [-0.1, -0.05) is 37.3 Å². The summed E-state index contributed by atoms with van der Waals surface area (Å²) in [6.45, 7) is 9.28. The standard InChI is InChI=1S/C22H36N4.HI/c1-3-25-13-7-10-21(18-25)17-24-22(23-2)26-14-11-20(12-15-26)16-19-8-5-4-6-9-19;/h4-6,8-9,20-21H,3,7,10-18H2,1-2H3,(H,23,24);1H. The van der Waals surface area contributed by atoms with Gasteiger partial charge >= 0.3 is 0 Å². The summed E-state index contributed by atoms with van der Waals surface area (Å²) in [5.41, 5.74) is 1.48. The van der Waals surface area contributed by atoms with Gasteiger partial charge in [0.25, 0.3) is 0 Å². The van der Waals surface area contributed by atoms with Crippen molar-refractivity contribution >= 4 is 29.9 Å². The van der Waals surface area contributed by atoms with E-state index in [0.29, 0.717) is 0 Å². The van der Waals surface area contributed by atoms with Crippen LogP contribution < -0.4 is 5.32 Å². The van der Waals surface area contributed by atoms with E-state index in [-0.39, 0.29) is 24.0 Å². The van der Waals surface area contributed by atoms with Crippen molar-refractivity contribution in [3.63, 3.8) is 0 Å². The number of aliphatic imine (C=N–C) groups is 1. The van der Waals surface area contributed by atoms with Gasteiger partial charge in [-0.3, -0.25) is 4.99 Å². The average molecular weight is 484 g/mol. The molecule has 0 spiro atoms. The highest BCUT2D eigenvalue weighted by Gasteiger charge is 2.23. The zero-order valence-electron chi connectivity index (χ0n) is 17.1. The molecular formula is C22H37IN4. The van der Waals surface area contributed by atoms with Gasteiger partial charge in [-0.25, -0.2) is 0 Å². The number of nitrogens with one attached hydrogen (secondary N) is 1. The summed E-state index contributed by atoms with van der Waals surface area (Å²) < 4.78 is 0. The Morgan fingerprint density at radius 1 is 1.07 bits per heavy atom. The third-order valence-corrected chi connectivity index (χ3v) is 6.09. The maximum absolute atomic E-state index is 4.56. The van der Waals surface area contributed by atoms with E-state index in [4.69, 9.17) is 0 Å². The Morgan fingerprint density at radius 3 is 2.48 bits per heavy atom. The third kappa shape index (κ3) is 6.93. The molecule has 0 aromatic heterocycles. The molecule has 152 valence electrons. The lowest BCUT2D eigenvalue weighted by atomic mass is 9.90. The van der Waals surface area contributed by atoms with Gasteiger partial charge in [-0.05, 0) is 62.6 Å². The zero-order valence-corrected chi connectivity index (χ0v) is 19.4. The molecule has 2 fully saturated rings. The first-order chi connectivity index (χ1) is 12.8. The number of piperidine rings is 2. The molecule has 5 heteroatoms. The lowest BCUT2D eigenvalue weighted by molar-refractivity contribution is 0.182. The Labute approximate surface area is 182 Å². The van der Waals surface area contributed by atoms with Crippen molar-refractivity contribution < 1.29 is 0 Å². The second-order valence-electron chi connectivity index (χ2n) is 7.95. The van der Waals surface area contributed by atoms with Crippen LogP contribution in [0.3, 0.4) is 0 Å². The molecule has 1 N–H and O–H groups in total. The van der Waals surface area contributed by atoms with Crippen LogP contribution in [0.15, 0.2) is 35.3 Å². The molecule has 2 saturated heterocycles. The predicted octanol–water partition coefficient (Wildman–Crippen LogP) is 3.87. The molecule has 0 saturated carbocycles. The third-order valence-electron chi connectivity index (χ3n) is 6.09. The number of rotatable bonds is 5. The van der Waals surface area contributed by atoms with Crippen LogP contribution in [-0.4, -0.2) is 62.1 Å². The lowest BCUT2D eigenvalue weighted by Crippen LogP contribution is -2.48. The Hall–Kier alpha value is -0.820. The van der Waals surface area contributed by atoms with Crippen LogP contribution in [0.1, 0.15) is 38.2 Å². The fraction of sp³-hybridized carbons (Fsp3) is 0.682. The fourth-order valence-corrected chi connectivity index (χ4v) is 4.47.